The van der Waals surface area contributed by atoms with Gasteiger partial charge in [-0.05, 0) is 24.0 Å². The zero-order valence-corrected chi connectivity index (χ0v) is 12.2. The van der Waals surface area contributed by atoms with Crippen molar-refractivity contribution in [3.8, 4) is 0 Å². The van der Waals surface area contributed by atoms with Crippen LogP contribution in [0.5, 0.6) is 0 Å². The molecule has 1 amide bonds. The molecular formula is C14H18N2O5. The molecule has 0 bridgehead atoms. The average molecular weight is 294 g/mol. The molecule has 0 aromatic heterocycles. The minimum Gasteiger partial charge on any atom is -0.481 e. The Bertz CT molecular complexity index is 581. The summed E-state index contributed by atoms with van der Waals surface area (Å²) in [7, 11) is 0. The highest BCUT2D eigenvalue weighted by Crippen LogP contribution is 2.27. The zero-order chi connectivity index (χ0) is 16.2. The number of carbonyl (C=O) groups is 2. The van der Waals surface area contributed by atoms with Crippen LogP contribution in [0.2, 0.25) is 0 Å². The number of hydrogen-bond acceptors (Lipinski definition) is 4. The number of carboxylic acids is 1. The van der Waals surface area contributed by atoms with E-state index in [1.165, 1.54) is 18.2 Å². The van der Waals surface area contributed by atoms with Gasteiger partial charge in [0.05, 0.1) is 11.3 Å². The lowest BCUT2D eigenvalue weighted by molar-refractivity contribution is -0.384. The van der Waals surface area contributed by atoms with Gasteiger partial charge in [-0.25, -0.2) is 0 Å². The quantitative estimate of drug-likeness (QED) is 0.619. The van der Waals surface area contributed by atoms with E-state index in [1.807, 2.05) is 0 Å². The normalized spacial score (nSPS) is 11.0. The van der Waals surface area contributed by atoms with Gasteiger partial charge in [-0.1, -0.05) is 13.8 Å². The van der Waals surface area contributed by atoms with E-state index in [9.17, 15) is 19.7 Å². The van der Waals surface area contributed by atoms with Gasteiger partial charge in [0.2, 0.25) is 5.91 Å². The van der Waals surface area contributed by atoms with Crippen LogP contribution < -0.4 is 5.32 Å². The third-order valence-corrected chi connectivity index (χ3v) is 2.96. The molecule has 0 saturated heterocycles. The monoisotopic (exact) mass is 294 g/mol. The van der Waals surface area contributed by atoms with Crippen LogP contribution in [0.25, 0.3) is 0 Å². The summed E-state index contributed by atoms with van der Waals surface area (Å²) in [6.07, 6.45) is -0.0601. The van der Waals surface area contributed by atoms with Crippen molar-refractivity contribution in [2.24, 2.45) is 5.41 Å². The number of nitro groups is 1. The predicted molar refractivity (Wildman–Crippen MR) is 77.1 cm³/mol. The molecular weight excluding hydrogens is 276 g/mol. The molecule has 114 valence electrons. The van der Waals surface area contributed by atoms with Crippen molar-refractivity contribution in [2.45, 2.75) is 33.6 Å². The minimum atomic E-state index is -0.959. The van der Waals surface area contributed by atoms with E-state index < -0.39 is 16.3 Å². The molecule has 0 fully saturated rings. The van der Waals surface area contributed by atoms with E-state index in [2.05, 4.69) is 5.32 Å². The van der Waals surface area contributed by atoms with E-state index in [-0.39, 0.29) is 24.4 Å². The Labute approximate surface area is 122 Å². The van der Waals surface area contributed by atoms with Gasteiger partial charge in [-0.2, -0.15) is 0 Å². The predicted octanol–water partition coefficient (Wildman–Crippen LogP) is 2.73. The van der Waals surface area contributed by atoms with Crippen molar-refractivity contribution in [1.29, 1.82) is 0 Å². The first kappa shape index (κ1) is 16.6. The highest BCUT2D eigenvalue weighted by molar-refractivity contribution is 5.92. The van der Waals surface area contributed by atoms with E-state index in [0.717, 1.165) is 0 Å². The van der Waals surface area contributed by atoms with E-state index in [4.69, 9.17) is 5.11 Å². The fourth-order valence-corrected chi connectivity index (χ4v) is 2.00. The smallest absolute Gasteiger partial charge is 0.303 e. The highest BCUT2D eigenvalue weighted by Gasteiger charge is 2.25. The number of anilines is 1. The van der Waals surface area contributed by atoms with Crippen LogP contribution in [-0.2, 0) is 9.59 Å². The Morgan fingerprint density at radius 2 is 1.95 bits per heavy atom. The lowest BCUT2D eigenvalue weighted by Gasteiger charge is -2.21. The van der Waals surface area contributed by atoms with Gasteiger partial charge < -0.3 is 10.4 Å². The summed E-state index contributed by atoms with van der Waals surface area (Å²) in [6.45, 7) is 5.05. The molecule has 0 unspecified atom stereocenters. The molecule has 1 aromatic carbocycles. The molecule has 0 aliphatic carbocycles. The Balaban J connectivity index is 2.75. The van der Waals surface area contributed by atoms with E-state index in [1.54, 1.807) is 20.8 Å². The first-order valence-corrected chi connectivity index (χ1v) is 6.37. The number of nitrogens with zero attached hydrogens (tertiary/aromatic N) is 1. The van der Waals surface area contributed by atoms with Crippen molar-refractivity contribution in [2.75, 3.05) is 5.32 Å². The number of carbonyl (C=O) groups excluding carboxylic acids is 1. The Morgan fingerprint density at radius 1 is 1.33 bits per heavy atom. The largest absolute Gasteiger partial charge is 0.481 e. The van der Waals surface area contributed by atoms with Gasteiger partial charge in [0.15, 0.2) is 0 Å². The topological polar surface area (TPSA) is 110 Å². The number of rotatable bonds is 6. The molecule has 0 heterocycles. The standard InChI is InChI=1S/C14H18N2O5/c1-9-6-10(16(20)21)4-5-11(9)15-12(17)7-14(2,3)8-13(18)19/h4-6H,7-8H2,1-3H3,(H,15,17)(H,18,19). The van der Waals surface area contributed by atoms with Gasteiger partial charge >= 0.3 is 5.97 Å². The van der Waals surface area contributed by atoms with Crippen molar-refractivity contribution in [3.05, 3.63) is 33.9 Å². The van der Waals surface area contributed by atoms with Crippen LogP contribution in [0.4, 0.5) is 11.4 Å². The zero-order valence-electron chi connectivity index (χ0n) is 12.2. The maximum atomic E-state index is 11.9. The van der Waals surface area contributed by atoms with Gasteiger partial charge in [-0.3, -0.25) is 19.7 Å². The van der Waals surface area contributed by atoms with Gasteiger partial charge in [0, 0.05) is 24.2 Å². The third-order valence-electron chi connectivity index (χ3n) is 2.96. The first-order chi connectivity index (χ1) is 9.60. The maximum Gasteiger partial charge on any atom is 0.303 e. The number of non-ortho nitro benzene ring substituents is 1. The summed E-state index contributed by atoms with van der Waals surface area (Å²) in [4.78, 5) is 32.8. The van der Waals surface area contributed by atoms with Crippen LogP contribution in [0, 0.1) is 22.5 Å². The molecule has 0 aliphatic heterocycles. The molecule has 0 radical (unpaired) electrons. The van der Waals surface area contributed by atoms with E-state index in [0.29, 0.717) is 11.3 Å². The number of nitrogens with one attached hydrogen (secondary N) is 1. The summed E-state index contributed by atoms with van der Waals surface area (Å²) in [5, 5.41) is 22.1. The lowest BCUT2D eigenvalue weighted by atomic mass is 9.85. The molecule has 1 aromatic rings. The number of carboxylic acid groups (broad SMARTS) is 1. The number of amides is 1. The maximum absolute atomic E-state index is 11.9. The molecule has 0 saturated carbocycles. The summed E-state index contributed by atoms with van der Waals surface area (Å²) in [5.41, 5.74) is 0.354. The Hall–Kier alpha value is -2.44. The number of aliphatic carboxylic acids is 1. The fraction of sp³-hybridized carbons (Fsp3) is 0.429. The summed E-state index contributed by atoms with van der Waals surface area (Å²) in [5.74, 6) is -1.28. The number of benzene rings is 1. The lowest BCUT2D eigenvalue weighted by Crippen LogP contribution is -2.25. The van der Waals surface area contributed by atoms with Crippen molar-refractivity contribution in [3.63, 3.8) is 0 Å². The molecule has 7 heteroatoms. The Kier molecular flexibility index (Phi) is 5.02. The Morgan fingerprint density at radius 3 is 2.43 bits per heavy atom. The van der Waals surface area contributed by atoms with Crippen LogP contribution in [0.3, 0.4) is 0 Å². The summed E-state index contributed by atoms with van der Waals surface area (Å²) in [6, 6.07) is 4.15. The average Bonchev–Trinajstić information content (AvgIpc) is 2.28. The number of aryl methyl sites for hydroxylation is 1. The molecule has 0 spiro atoms. The number of nitro benzene ring substituents is 1. The van der Waals surface area contributed by atoms with Crippen LogP contribution in [-0.4, -0.2) is 21.9 Å². The van der Waals surface area contributed by atoms with Gasteiger partial charge in [0.1, 0.15) is 0 Å². The minimum absolute atomic E-state index is 0.0447. The van der Waals surface area contributed by atoms with Crippen molar-refractivity contribution >= 4 is 23.3 Å². The van der Waals surface area contributed by atoms with Crippen LogP contribution in [0.1, 0.15) is 32.3 Å². The molecule has 1 rings (SSSR count). The van der Waals surface area contributed by atoms with Crippen molar-refractivity contribution in [1.82, 2.24) is 0 Å². The van der Waals surface area contributed by atoms with Gasteiger partial charge in [0.25, 0.3) is 5.69 Å². The van der Waals surface area contributed by atoms with Gasteiger partial charge in [-0.15, -0.1) is 0 Å². The molecule has 2 N–H and O–H groups in total. The van der Waals surface area contributed by atoms with Crippen molar-refractivity contribution < 1.29 is 19.6 Å². The fourth-order valence-electron chi connectivity index (χ4n) is 2.00. The molecule has 7 nitrogen and oxygen atoms in total. The highest BCUT2D eigenvalue weighted by atomic mass is 16.6. The first-order valence-electron chi connectivity index (χ1n) is 6.37. The summed E-state index contributed by atoms with van der Waals surface area (Å²) >= 11 is 0. The second kappa shape index (κ2) is 6.34. The van der Waals surface area contributed by atoms with Crippen LogP contribution in [0.15, 0.2) is 18.2 Å². The second-order valence-electron chi connectivity index (χ2n) is 5.72. The number of hydrogen-bond donors (Lipinski definition) is 2. The molecule has 0 aliphatic rings. The molecule has 21 heavy (non-hydrogen) atoms. The molecule has 0 atom stereocenters. The third kappa shape index (κ3) is 5.21. The second-order valence-corrected chi connectivity index (χ2v) is 5.72. The van der Waals surface area contributed by atoms with Crippen LogP contribution >= 0.6 is 0 Å². The SMILES string of the molecule is Cc1cc([N+](=O)[O-])ccc1NC(=O)CC(C)(C)CC(=O)O. The summed E-state index contributed by atoms with van der Waals surface area (Å²) < 4.78 is 0. The van der Waals surface area contributed by atoms with E-state index >= 15 is 0 Å².